The number of alkyl halides is 2. The highest BCUT2D eigenvalue weighted by Crippen LogP contribution is 2.38. The second kappa shape index (κ2) is 8.80. The predicted molar refractivity (Wildman–Crippen MR) is 123 cm³/mol. The first-order valence-corrected chi connectivity index (χ1v) is 12.6. The summed E-state index contributed by atoms with van der Waals surface area (Å²) in [6, 6.07) is 1.66. The van der Waals surface area contributed by atoms with Crippen molar-refractivity contribution >= 4 is 32.5 Å². The fourth-order valence-corrected chi connectivity index (χ4v) is 5.71. The van der Waals surface area contributed by atoms with Crippen LogP contribution in [0.5, 0.6) is 0 Å². The molecule has 1 atom stereocenters. The third kappa shape index (κ3) is 5.08. The molecule has 1 aliphatic carbocycles. The van der Waals surface area contributed by atoms with Crippen LogP contribution in [0.4, 0.5) is 17.6 Å². The van der Waals surface area contributed by atoms with Gasteiger partial charge in [-0.25, -0.2) is 30.7 Å². The van der Waals surface area contributed by atoms with Gasteiger partial charge in [-0.15, -0.1) is 0 Å². The molecule has 2 heterocycles. The quantitative estimate of drug-likeness (QED) is 0.387. The zero-order valence-corrected chi connectivity index (χ0v) is 20.3. The summed E-state index contributed by atoms with van der Waals surface area (Å²) in [5.74, 6) is -1.49. The van der Waals surface area contributed by atoms with Crippen molar-refractivity contribution in [2.45, 2.75) is 57.9 Å². The van der Waals surface area contributed by atoms with Crippen LogP contribution in [0.3, 0.4) is 0 Å². The van der Waals surface area contributed by atoms with E-state index < -0.39 is 39.4 Å². The van der Waals surface area contributed by atoms with Gasteiger partial charge in [-0.2, -0.15) is 0 Å². The summed E-state index contributed by atoms with van der Waals surface area (Å²) >= 11 is 6.09. The SMILES string of the molecule is CC(C)(C)Cn1cc([C@H](NS(=O)(=O)C2CC2)C(F)F)c2cc(F)c(-c3ncc(F)cc3Cl)cc21. The molecule has 1 aromatic carbocycles. The fraction of sp³-hybridized carbons (Fsp3) is 0.435. The maximum atomic E-state index is 15.2. The number of nitrogens with zero attached hydrogens (tertiary/aromatic N) is 2. The van der Waals surface area contributed by atoms with Gasteiger partial charge in [0.05, 0.1) is 22.2 Å². The van der Waals surface area contributed by atoms with Crippen molar-refractivity contribution in [2.75, 3.05) is 0 Å². The summed E-state index contributed by atoms with van der Waals surface area (Å²) in [6.45, 7) is 6.22. The second-order valence-electron chi connectivity index (χ2n) is 9.78. The Balaban J connectivity index is 1.91. The van der Waals surface area contributed by atoms with E-state index in [0.29, 0.717) is 24.9 Å². The number of nitrogens with one attached hydrogen (secondary N) is 1. The average Bonchev–Trinajstić information content (AvgIpc) is 3.51. The summed E-state index contributed by atoms with van der Waals surface area (Å²) in [6.07, 6.45) is 0.119. The first-order valence-electron chi connectivity index (χ1n) is 10.7. The van der Waals surface area contributed by atoms with Crippen LogP contribution in [-0.4, -0.2) is 29.6 Å². The molecule has 4 rings (SSSR count). The van der Waals surface area contributed by atoms with E-state index in [4.69, 9.17) is 11.6 Å². The lowest BCUT2D eigenvalue weighted by atomic mass is 9.97. The smallest absolute Gasteiger partial charge is 0.258 e. The van der Waals surface area contributed by atoms with Gasteiger partial charge < -0.3 is 4.57 Å². The predicted octanol–water partition coefficient (Wildman–Crippen LogP) is 6.07. The minimum absolute atomic E-state index is 0.00683. The minimum atomic E-state index is -3.94. The lowest BCUT2D eigenvalue weighted by Gasteiger charge is -2.20. The van der Waals surface area contributed by atoms with Crippen molar-refractivity contribution < 1.29 is 26.0 Å². The summed E-state index contributed by atoms with van der Waals surface area (Å²) < 4.78 is 85.6. The molecular formula is C23H24ClF4N3O2S. The van der Waals surface area contributed by atoms with Gasteiger partial charge in [0.15, 0.2) is 0 Å². The molecule has 34 heavy (non-hydrogen) atoms. The number of aromatic nitrogens is 2. The Labute approximate surface area is 200 Å². The van der Waals surface area contributed by atoms with Crippen molar-refractivity contribution in [2.24, 2.45) is 5.41 Å². The summed E-state index contributed by atoms with van der Waals surface area (Å²) in [5.41, 5.74) is 0.0795. The van der Waals surface area contributed by atoms with Crippen LogP contribution in [0.25, 0.3) is 22.2 Å². The number of halogens is 5. The minimum Gasteiger partial charge on any atom is -0.347 e. The maximum absolute atomic E-state index is 15.2. The molecular weight excluding hydrogens is 494 g/mol. The van der Waals surface area contributed by atoms with Crippen molar-refractivity contribution in [1.82, 2.24) is 14.3 Å². The number of pyridine rings is 1. The molecule has 2 aromatic heterocycles. The van der Waals surface area contributed by atoms with Gasteiger partial charge in [-0.3, -0.25) is 4.98 Å². The largest absolute Gasteiger partial charge is 0.347 e. The van der Waals surface area contributed by atoms with E-state index in [1.54, 1.807) is 4.57 Å². The monoisotopic (exact) mass is 517 g/mol. The molecule has 0 bridgehead atoms. The lowest BCUT2D eigenvalue weighted by molar-refractivity contribution is 0.109. The van der Waals surface area contributed by atoms with E-state index in [1.165, 1.54) is 12.3 Å². The Morgan fingerprint density at radius 1 is 1.21 bits per heavy atom. The molecule has 0 unspecified atom stereocenters. The molecule has 0 radical (unpaired) electrons. The third-order valence-electron chi connectivity index (χ3n) is 5.55. The summed E-state index contributed by atoms with van der Waals surface area (Å²) in [7, 11) is -3.94. The van der Waals surface area contributed by atoms with Crippen LogP contribution in [-0.2, 0) is 16.6 Å². The highest BCUT2D eigenvalue weighted by atomic mass is 35.5. The van der Waals surface area contributed by atoms with Gasteiger partial charge >= 0.3 is 0 Å². The molecule has 1 saturated carbocycles. The number of sulfonamides is 1. The highest BCUT2D eigenvalue weighted by Gasteiger charge is 2.40. The molecule has 0 spiro atoms. The third-order valence-corrected chi connectivity index (χ3v) is 7.77. The summed E-state index contributed by atoms with van der Waals surface area (Å²) in [5, 5.41) is -0.644. The van der Waals surface area contributed by atoms with Crippen LogP contribution in [0.15, 0.2) is 30.6 Å². The van der Waals surface area contributed by atoms with E-state index in [1.807, 2.05) is 20.8 Å². The van der Waals surface area contributed by atoms with Crippen molar-refractivity contribution in [3.05, 3.63) is 52.8 Å². The van der Waals surface area contributed by atoms with Crippen molar-refractivity contribution in [3.8, 4) is 11.3 Å². The second-order valence-corrected chi connectivity index (χ2v) is 12.2. The average molecular weight is 518 g/mol. The number of fused-ring (bicyclic) bond motifs is 1. The van der Waals surface area contributed by atoms with E-state index in [-0.39, 0.29) is 32.6 Å². The number of rotatable bonds is 7. The van der Waals surface area contributed by atoms with E-state index in [9.17, 15) is 21.6 Å². The van der Waals surface area contributed by atoms with Crippen molar-refractivity contribution in [3.63, 3.8) is 0 Å². The van der Waals surface area contributed by atoms with E-state index >= 15 is 4.39 Å². The maximum Gasteiger partial charge on any atom is 0.258 e. The lowest BCUT2D eigenvalue weighted by Crippen LogP contribution is -2.35. The zero-order chi connectivity index (χ0) is 25.0. The van der Waals surface area contributed by atoms with E-state index in [0.717, 1.165) is 18.3 Å². The molecule has 11 heteroatoms. The van der Waals surface area contributed by atoms with Gasteiger partial charge in [0.2, 0.25) is 10.0 Å². The molecule has 1 fully saturated rings. The topological polar surface area (TPSA) is 64.0 Å². The molecule has 0 aliphatic heterocycles. The highest BCUT2D eigenvalue weighted by molar-refractivity contribution is 7.90. The van der Waals surface area contributed by atoms with Gasteiger partial charge in [-0.1, -0.05) is 32.4 Å². The van der Waals surface area contributed by atoms with Crippen LogP contribution in [0.1, 0.15) is 45.2 Å². The molecule has 0 amide bonds. The summed E-state index contributed by atoms with van der Waals surface area (Å²) in [4.78, 5) is 3.90. The Bertz CT molecular complexity index is 1350. The molecule has 184 valence electrons. The Hall–Kier alpha value is -2.17. The van der Waals surface area contributed by atoms with Crippen LogP contribution >= 0.6 is 11.6 Å². The van der Waals surface area contributed by atoms with Crippen LogP contribution in [0.2, 0.25) is 5.02 Å². The van der Waals surface area contributed by atoms with Gasteiger partial charge in [0, 0.05) is 34.8 Å². The van der Waals surface area contributed by atoms with Gasteiger partial charge in [-0.05, 0) is 36.5 Å². The molecule has 3 aromatic rings. The number of hydrogen-bond acceptors (Lipinski definition) is 3. The van der Waals surface area contributed by atoms with Crippen LogP contribution in [0, 0.1) is 17.0 Å². The Morgan fingerprint density at radius 3 is 2.44 bits per heavy atom. The standard InChI is InChI=1S/C23H24ClF4N3O2S/c1-23(2,3)11-31-10-16(21(22(27)28)30-34(32,33)13-4-5-13)14-7-18(26)15(8-19(14)31)20-17(24)6-12(25)9-29-20/h6-10,13,21-22,30H,4-5,11H2,1-3H3/t21-/m0/s1. The molecule has 1 N–H and O–H groups in total. The van der Waals surface area contributed by atoms with Crippen molar-refractivity contribution in [1.29, 1.82) is 0 Å². The number of benzene rings is 1. The molecule has 0 saturated heterocycles. The normalized spacial score (nSPS) is 15.9. The number of hydrogen-bond donors (Lipinski definition) is 1. The fourth-order valence-electron chi connectivity index (χ4n) is 3.92. The van der Waals surface area contributed by atoms with Gasteiger partial charge in [0.25, 0.3) is 6.43 Å². The first-order chi connectivity index (χ1) is 15.8. The Kier molecular flexibility index (Phi) is 6.46. The first kappa shape index (κ1) is 24.9. The van der Waals surface area contributed by atoms with Gasteiger partial charge in [0.1, 0.15) is 17.7 Å². The molecule has 1 aliphatic rings. The molecule has 5 nitrogen and oxygen atoms in total. The zero-order valence-electron chi connectivity index (χ0n) is 18.7. The van der Waals surface area contributed by atoms with E-state index in [2.05, 4.69) is 9.71 Å². The van der Waals surface area contributed by atoms with Crippen LogP contribution < -0.4 is 4.72 Å². The Morgan fingerprint density at radius 2 is 1.88 bits per heavy atom.